The van der Waals surface area contributed by atoms with Gasteiger partial charge in [0.25, 0.3) is 0 Å². The van der Waals surface area contributed by atoms with Crippen LogP contribution in [0.4, 0.5) is 0 Å². The monoisotopic (exact) mass is 619 g/mol. The third-order valence-corrected chi connectivity index (χ3v) is 9.07. The molecular weight excluding hydrogens is 586 g/mol. The summed E-state index contributed by atoms with van der Waals surface area (Å²) in [5.41, 5.74) is 7.00. The van der Waals surface area contributed by atoms with Crippen LogP contribution in [0.15, 0.2) is 70.9 Å². The van der Waals surface area contributed by atoms with Crippen LogP contribution in [0, 0.1) is 12.8 Å². The van der Waals surface area contributed by atoms with Gasteiger partial charge in [-0.2, -0.15) is 5.10 Å². The minimum atomic E-state index is -0.489. The quantitative estimate of drug-likeness (QED) is 0.235. The lowest BCUT2D eigenvalue weighted by molar-refractivity contribution is -0.142. The van der Waals surface area contributed by atoms with Crippen molar-refractivity contribution >= 4 is 39.1 Å². The van der Waals surface area contributed by atoms with Crippen LogP contribution in [0.25, 0.3) is 21.6 Å². The highest BCUT2D eigenvalue weighted by molar-refractivity contribution is 9.10. The summed E-state index contributed by atoms with van der Waals surface area (Å²) in [5.74, 6) is -0.164. The molecule has 9 heteroatoms. The fourth-order valence-electron chi connectivity index (χ4n) is 5.35. The summed E-state index contributed by atoms with van der Waals surface area (Å²) >= 11 is 5.10. The van der Waals surface area contributed by atoms with Crippen LogP contribution in [-0.2, 0) is 9.59 Å². The molecule has 2 aromatic carbocycles. The minimum Gasteiger partial charge on any atom is -0.348 e. The Labute approximate surface area is 247 Å². The Morgan fingerprint density at radius 1 is 1.02 bits per heavy atom. The number of hydrogen-bond acceptors (Lipinski definition) is 5. The zero-order chi connectivity index (χ0) is 28.4. The van der Waals surface area contributed by atoms with Crippen LogP contribution in [0.1, 0.15) is 57.0 Å². The maximum atomic E-state index is 13.9. The number of carbonyl (C=O) groups excluding carboxylic acids is 2. The molecule has 7 nitrogen and oxygen atoms in total. The third kappa shape index (κ3) is 5.90. The number of likely N-dealkylation sites (tertiary alicyclic amines) is 1. The first-order valence-corrected chi connectivity index (χ1v) is 15.3. The van der Waals surface area contributed by atoms with Gasteiger partial charge in [-0.25, -0.2) is 4.98 Å². The minimum absolute atomic E-state index is 0.00843. The third-order valence-electron chi connectivity index (χ3n) is 7.56. The number of aryl methyl sites for hydroxylation is 1. The second-order valence-electron chi connectivity index (χ2n) is 10.7. The number of nitrogens with zero attached hydrogens (tertiary/aromatic N) is 4. The lowest BCUT2D eigenvalue weighted by atomic mass is 10.0. The van der Waals surface area contributed by atoms with E-state index in [1.165, 1.54) is 0 Å². The highest BCUT2D eigenvalue weighted by Crippen LogP contribution is 2.30. The van der Waals surface area contributed by atoms with Gasteiger partial charge in [0.2, 0.25) is 11.8 Å². The van der Waals surface area contributed by atoms with Crippen molar-refractivity contribution in [2.75, 3.05) is 6.54 Å². The van der Waals surface area contributed by atoms with Crippen LogP contribution >= 0.6 is 27.3 Å². The number of hydrogen-bond donors (Lipinski definition) is 1. The van der Waals surface area contributed by atoms with Crippen molar-refractivity contribution < 1.29 is 9.59 Å². The van der Waals surface area contributed by atoms with Gasteiger partial charge in [0.15, 0.2) is 0 Å². The van der Waals surface area contributed by atoms with E-state index in [0.29, 0.717) is 13.0 Å². The maximum Gasteiger partial charge on any atom is 0.248 e. The average Bonchev–Trinajstić information content (AvgIpc) is 3.70. The van der Waals surface area contributed by atoms with E-state index in [4.69, 9.17) is 0 Å². The molecule has 0 spiro atoms. The molecule has 208 valence electrons. The van der Waals surface area contributed by atoms with E-state index in [2.05, 4.69) is 43.5 Å². The van der Waals surface area contributed by atoms with Crippen LogP contribution in [-0.4, -0.2) is 44.1 Å². The van der Waals surface area contributed by atoms with E-state index in [-0.39, 0.29) is 23.8 Å². The molecule has 1 N–H and O–H groups in total. The Kier molecular flexibility index (Phi) is 8.51. The van der Waals surface area contributed by atoms with Gasteiger partial charge in [0, 0.05) is 22.8 Å². The predicted octanol–water partition coefficient (Wildman–Crippen LogP) is 6.81. The molecule has 40 heavy (non-hydrogen) atoms. The van der Waals surface area contributed by atoms with E-state index in [1.807, 2.05) is 75.8 Å². The molecular formula is C31H34BrN5O2S. The lowest BCUT2D eigenvalue weighted by Gasteiger charge is -2.30. The van der Waals surface area contributed by atoms with E-state index in [1.54, 1.807) is 27.1 Å². The Morgan fingerprint density at radius 3 is 2.38 bits per heavy atom. The number of amides is 2. The van der Waals surface area contributed by atoms with Crippen molar-refractivity contribution in [2.45, 2.75) is 58.7 Å². The standard InChI is InChI=1S/C31H34BrN5O2S/c1-19(2)28(37-17-25(16-34-37)23-11-13-26(32)14-12-23)31(39)36-15-5-6-27(36)30(38)35-20(3)22-7-9-24(10-8-22)29-21(4)33-18-40-29/h7-14,16-20,27-28H,5-6,15H2,1-4H3,(H,35,38). The largest absolute Gasteiger partial charge is 0.348 e. The van der Waals surface area contributed by atoms with Crippen LogP contribution < -0.4 is 5.32 Å². The first-order chi connectivity index (χ1) is 19.2. The highest BCUT2D eigenvalue weighted by Gasteiger charge is 2.39. The summed E-state index contributed by atoms with van der Waals surface area (Å²) in [7, 11) is 0. The maximum absolute atomic E-state index is 13.9. The van der Waals surface area contributed by atoms with Gasteiger partial charge in [-0.1, -0.05) is 66.2 Å². The van der Waals surface area contributed by atoms with Crippen LogP contribution in [0.5, 0.6) is 0 Å². The Balaban J connectivity index is 1.28. The Morgan fingerprint density at radius 2 is 1.73 bits per heavy atom. The smallest absolute Gasteiger partial charge is 0.248 e. The molecule has 0 aliphatic carbocycles. The topological polar surface area (TPSA) is 80.1 Å². The van der Waals surface area contributed by atoms with E-state index < -0.39 is 12.1 Å². The van der Waals surface area contributed by atoms with Crippen molar-refractivity contribution in [3.63, 3.8) is 0 Å². The molecule has 4 aromatic rings. The molecule has 0 radical (unpaired) electrons. The summed E-state index contributed by atoms with van der Waals surface area (Å²) in [6, 6.07) is 15.1. The molecule has 5 rings (SSSR count). The van der Waals surface area contributed by atoms with E-state index in [9.17, 15) is 9.59 Å². The number of nitrogens with one attached hydrogen (secondary N) is 1. The summed E-state index contributed by atoms with van der Waals surface area (Å²) in [4.78, 5) is 34.6. The molecule has 0 saturated carbocycles. The number of rotatable bonds is 8. The first-order valence-electron chi connectivity index (χ1n) is 13.6. The van der Waals surface area contributed by atoms with Crippen molar-refractivity contribution in [1.29, 1.82) is 0 Å². The number of thiazole rings is 1. The fourth-order valence-corrected chi connectivity index (χ4v) is 6.43. The van der Waals surface area contributed by atoms with Crippen LogP contribution in [0.3, 0.4) is 0 Å². The normalized spacial score (nSPS) is 16.8. The average molecular weight is 621 g/mol. The van der Waals surface area contributed by atoms with Crippen LogP contribution in [0.2, 0.25) is 0 Å². The predicted molar refractivity (Wildman–Crippen MR) is 163 cm³/mol. The van der Waals surface area contributed by atoms with Crippen molar-refractivity contribution in [2.24, 2.45) is 5.92 Å². The second-order valence-corrected chi connectivity index (χ2v) is 12.5. The van der Waals surface area contributed by atoms with Gasteiger partial charge in [-0.3, -0.25) is 14.3 Å². The summed E-state index contributed by atoms with van der Waals surface area (Å²) in [6.45, 7) is 8.60. The lowest BCUT2D eigenvalue weighted by Crippen LogP contribution is -2.49. The molecule has 3 heterocycles. The van der Waals surface area contributed by atoms with Gasteiger partial charge >= 0.3 is 0 Å². The Hall–Kier alpha value is -3.30. The van der Waals surface area contributed by atoms with Gasteiger partial charge in [0.05, 0.1) is 28.3 Å². The SMILES string of the molecule is Cc1ncsc1-c1ccc(C(C)NC(=O)C2CCCN2C(=O)C(C(C)C)n2cc(-c3ccc(Br)cc3)cn2)cc1. The van der Waals surface area contributed by atoms with Gasteiger partial charge in [-0.15, -0.1) is 11.3 Å². The van der Waals surface area contributed by atoms with Gasteiger partial charge in [0.1, 0.15) is 12.1 Å². The zero-order valence-corrected chi connectivity index (χ0v) is 25.6. The Bertz CT molecular complexity index is 1480. The molecule has 2 aromatic heterocycles. The first kappa shape index (κ1) is 28.2. The molecule has 1 aliphatic heterocycles. The highest BCUT2D eigenvalue weighted by atomic mass is 79.9. The van der Waals surface area contributed by atoms with E-state index >= 15 is 0 Å². The number of benzene rings is 2. The number of aromatic nitrogens is 3. The molecule has 2 amide bonds. The summed E-state index contributed by atoms with van der Waals surface area (Å²) in [6.07, 6.45) is 5.18. The molecule has 3 unspecified atom stereocenters. The number of carbonyl (C=O) groups is 2. The molecule has 1 fully saturated rings. The summed E-state index contributed by atoms with van der Waals surface area (Å²) in [5, 5.41) is 7.73. The second kappa shape index (κ2) is 12.1. The van der Waals surface area contributed by atoms with Crippen molar-refractivity contribution in [1.82, 2.24) is 25.0 Å². The molecule has 3 atom stereocenters. The number of halogens is 1. The van der Waals surface area contributed by atoms with E-state index in [0.717, 1.165) is 43.7 Å². The zero-order valence-electron chi connectivity index (χ0n) is 23.2. The molecule has 0 bridgehead atoms. The molecule has 1 saturated heterocycles. The van der Waals surface area contributed by atoms with Gasteiger partial charge < -0.3 is 10.2 Å². The van der Waals surface area contributed by atoms with Gasteiger partial charge in [-0.05, 0) is 61.4 Å². The summed E-state index contributed by atoms with van der Waals surface area (Å²) < 4.78 is 2.77. The fraction of sp³-hybridized carbons (Fsp3) is 0.355. The molecule has 1 aliphatic rings. The van der Waals surface area contributed by atoms with Crippen molar-refractivity contribution in [3.05, 3.63) is 82.2 Å². The van der Waals surface area contributed by atoms with Crippen molar-refractivity contribution in [3.8, 4) is 21.6 Å².